The van der Waals surface area contributed by atoms with E-state index in [0.717, 1.165) is 0 Å². The highest BCUT2D eigenvalue weighted by atomic mass is 16.5. The molecule has 0 spiro atoms. The number of nitrogens with one attached hydrogen (secondary N) is 1. The van der Waals surface area contributed by atoms with Gasteiger partial charge in [0.05, 0.1) is 18.2 Å². The van der Waals surface area contributed by atoms with E-state index in [2.05, 4.69) is 5.32 Å². The van der Waals surface area contributed by atoms with Crippen LogP contribution >= 0.6 is 0 Å². The summed E-state index contributed by atoms with van der Waals surface area (Å²) in [5, 5.41) is 14.9. The van der Waals surface area contributed by atoms with Gasteiger partial charge in [-0.1, -0.05) is 24.3 Å². The first-order valence-electron chi connectivity index (χ1n) is 9.85. The minimum atomic E-state index is -1.39. The summed E-state index contributed by atoms with van der Waals surface area (Å²) < 4.78 is 11.6. The Kier molecular flexibility index (Phi) is 5.94. The van der Waals surface area contributed by atoms with Crippen LogP contribution < -0.4 is 14.8 Å². The van der Waals surface area contributed by atoms with Crippen molar-refractivity contribution < 1.29 is 19.4 Å². The number of benzene rings is 2. The Bertz CT molecular complexity index is 777. The molecule has 0 unspecified atom stereocenters. The van der Waals surface area contributed by atoms with E-state index in [1.165, 1.54) is 0 Å². The van der Waals surface area contributed by atoms with Gasteiger partial charge in [-0.2, -0.15) is 0 Å². The Hall–Kier alpha value is -2.53. The summed E-state index contributed by atoms with van der Waals surface area (Å²) >= 11 is 0. The van der Waals surface area contributed by atoms with Crippen molar-refractivity contribution >= 4 is 5.91 Å². The van der Waals surface area contributed by atoms with Gasteiger partial charge in [-0.05, 0) is 69.5 Å². The molecule has 1 fully saturated rings. The molecule has 0 aliphatic carbocycles. The topological polar surface area (TPSA) is 67.8 Å². The molecular weight excluding hydrogens is 354 g/mol. The first kappa shape index (κ1) is 20.2. The van der Waals surface area contributed by atoms with Gasteiger partial charge in [0, 0.05) is 6.42 Å². The molecule has 0 saturated carbocycles. The zero-order valence-corrected chi connectivity index (χ0v) is 16.9. The molecule has 1 aliphatic heterocycles. The fraction of sp³-hybridized carbons (Fsp3) is 0.435. The minimum absolute atomic E-state index is 0.0253. The van der Waals surface area contributed by atoms with Crippen molar-refractivity contribution in [3.8, 4) is 11.5 Å². The van der Waals surface area contributed by atoms with Crippen molar-refractivity contribution in [3.05, 3.63) is 59.7 Å². The van der Waals surface area contributed by atoms with E-state index in [1.807, 2.05) is 76.2 Å². The highest BCUT2D eigenvalue weighted by molar-refractivity contribution is 5.79. The van der Waals surface area contributed by atoms with Crippen LogP contribution in [0.5, 0.6) is 11.5 Å². The van der Waals surface area contributed by atoms with Crippen LogP contribution in [0.1, 0.15) is 51.7 Å². The van der Waals surface area contributed by atoms with Crippen molar-refractivity contribution in [2.45, 2.75) is 64.4 Å². The van der Waals surface area contributed by atoms with E-state index < -0.39 is 11.6 Å². The van der Waals surface area contributed by atoms with E-state index in [4.69, 9.17) is 9.47 Å². The number of aliphatic hydroxyl groups is 1. The Labute approximate surface area is 166 Å². The third-order valence-corrected chi connectivity index (χ3v) is 4.79. The molecule has 1 aliphatic rings. The largest absolute Gasteiger partial charge is 0.491 e. The zero-order chi connectivity index (χ0) is 20.3. The van der Waals surface area contributed by atoms with E-state index in [0.29, 0.717) is 35.5 Å². The van der Waals surface area contributed by atoms with Gasteiger partial charge < -0.3 is 19.9 Å². The number of ether oxygens (including phenoxy) is 2. The molecule has 1 atom stereocenters. The molecule has 5 nitrogen and oxygen atoms in total. The van der Waals surface area contributed by atoms with Crippen molar-refractivity contribution in [2.24, 2.45) is 0 Å². The first-order chi connectivity index (χ1) is 13.3. The lowest BCUT2D eigenvalue weighted by Crippen LogP contribution is -2.47. The summed E-state index contributed by atoms with van der Waals surface area (Å²) in [5.41, 5.74) is -0.0297. The molecule has 0 radical (unpaired) electrons. The molecule has 1 saturated heterocycles. The molecule has 0 bridgehead atoms. The quantitative estimate of drug-likeness (QED) is 0.764. The van der Waals surface area contributed by atoms with Gasteiger partial charge in [-0.25, -0.2) is 0 Å². The number of hydrogen-bond donors (Lipinski definition) is 2. The number of rotatable bonds is 7. The van der Waals surface area contributed by atoms with Gasteiger partial charge >= 0.3 is 0 Å². The lowest BCUT2D eigenvalue weighted by atomic mass is 9.79. The van der Waals surface area contributed by atoms with Crippen LogP contribution in [0.25, 0.3) is 0 Å². The summed E-state index contributed by atoms with van der Waals surface area (Å²) in [6.07, 6.45) is 1.01. The van der Waals surface area contributed by atoms with Gasteiger partial charge in [-0.3, -0.25) is 4.79 Å². The van der Waals surface area contributed by atoms with Crippen LogP contribution in [0.4, 0.5) is 0 Å². The highest BCUT2D eigenvalue weighted by Crippen LogP contribution is 2.39. The molecule has 2 aromatic carbocycles. The second-order valence-electron chi connectivity index (χ2n) is 7.81. The molecular formula is C23H29NO4. The standard InChI is InChI=1S/C23H29NO4/c1-15(2)27-19-9-5-7-17(13-19)23(26,21-11-12-22(25)24-21)18-8-6-10-20(14-18)28-16(3)4/h5-10,13-16,21,26H,11-12H2,1-4H3,(H,24,25)/t21-/m1/s1. The van der Waals surface area contributed by atoms with Gasteiger partial charge in [-0.15, -0.1) is 0 Å². The maximum absolute atomic E-state index is 12.0. The van der Waals surface area contributed by atoms with Crippen LogP contribution in [0, 0.1) is 0 Å². The fourth-order valence-corrected chi connectivity index (χ4v) is 3.65. The molecule has 3 rings (SSSR count). The average molecular weight is 383 g/mol. The summed E-state index contributed by atoms with van der Waals surface area (Å²) in [4.78, 5) is 11.9. The zero-order valence-electron chi connectivity index (χ0n) is 16.9. The molecule has 2 N–H and O–H groups in total. The van der Waals surface area contributed by atoms with E-state index >= 15 is 0 Å². The smallest absolute Gasteiger partial charge is 0.220 e. The number of hydrogen-bond acceptors (Lipinski definition) is 4. The normalized spacial score (nSPS) is 17.1. The van der Waals surface area contributed by atoms with Crippen LogP contribution in [0.2, 0.25) is 0 Å². The van der Waals surface area contributed by atoms with Crippen LogP contribution in [0.15, 0.2) is 48.5 Å². The highest BCUT2D eigenvalue weighted by Gasteiger charge is 2.44. The van der Waals surface area contributed by atoms with Crippen molar-refractivity contribution in [3.63, 3.8) is 0 Å². The predicted octanol–water partition coefficient (Wildman–Crippen LogP) is 3.78. The molecule has 5 heteroatoms. The second kappa shape index (κ2) is 8.23. The first-order valence-corrected chi connectivity index (χ1v) is 9.85. The van der Waals surface area contributed by atoms with Gasteiger partial charge in [0.1, 0.15) is 17.1 Å². The number of amides is 1. The van der Waals surface area contributed by atoms with E-state index in [9.17, 15) is 9.90 Å². The molecule has 150 valence electrons. The van der Waals surface area contributed by atoms with Gasteiger partial charge in [0.15, 0.2) is 0 Å². The summed E-state index contributed by atoms with van der Waals surface area (Å²) in [5.74, 6) is 1.32. The van der Waals surface area contributed by atoms with Crippen molar-refractivity contribution in [1.82, 2.24) is 5.32 Å². The number of carbonyl (C=O) groups excluding carboxylic acids is 1. The van der Waals surface area contributed by atoms with Crippen LogP contribution in [0.3, 0.4) is 0 Å². The SMILES string of the molecule is CC(C)Oc1cccc(C(O)(c2cccc(OC(C)C)c2)[C@H]2CCC(=O)N2)c1. The monoisotopic (exact) mass is 383 g/mol. The lowest BCUT2D eigenvalue weighted by Gasteiger charge is -2.35. The fourth-order valence-electron chi connectivity index (χ4n) is 3.65. The van der Waals surface area contributed by atoms with Crippen LogP contribution in [-0.2, 0) is 10.4 Å². The molecule has 1 amide bonds. The summed E-state index contributed by atoms with van der Waals surface area (Å²) in [6, 6.07) is 14.5. The van der Waals surface area contributed by atoms with Crippen molar-refractivity contribution in [2.75, 3.05) is 0 Å². The second-order valence-corrected chi connectivity index (χ2v) is 7.81. The van der Waals surface area contributed by atoms with E-state index in [-0.39, 0.29) is 18.1 Å². The maximum atomic E-state index is 12.0. The van der Waals surface area contributed by atoms with Gasteiger partial charge in [0.2, 0.25) is 5.91 Å². The minimum Gasteiger partial charge on any atom is -0.491 e. The predicted molar refractivity (Wildman–Crippen MR) is 109 cm³/mol. The third-order valence-electron chi connectivity index (χ3n) is 4.79. The Balaban J connectivity index is 2.08. The molecule has 0 aromatic heterocycles. The summed E-state index contributed by atoms with van der Waals surface area (Å²) in [6.45, 7) is 7.84. The number of carbonyl (C=O) groups is 1. The molecule has 2 aromatic rings. The maximum Gasteiger partial charge on any atom is 0.220 e. The van der Waals surface area contributed by atoms with Crippen molar-refractivity contribution in [1.29, 1.82) is 0 Å². The Morgan fingerprint density at radius 3 is 1.86 bits per heavy atom. The summed E-state index contributed by atoms with van der Waals surface area (Å²) in [7, 11) is 0. The van der Waals surface area contributed by atoms with Gasteiger partial charge in [0.25, 0.3) is 0 Å². The van der Waals surface area contributed by atoms with Crippen LogP contribution in [-0.4, -0.2) is 29.3 Å². The molecule has 28 heavy (non-hydrogen) atoms. The Morgan fingerprint density at radius 1 is 0.964 bits per heavy atom. The Morgan fingerprint density at radius 2 is 1.46 bits per heavy atom. The molecule has 1 heterocycles. The van der Waals surface area contributed by atoms with E-state index in [1.54, 1.807) is 0 Å². The third kappa shape index (κ3) is 4.30. The average Bonchev–Trinajstić information content (AvgIpc) is 3.07. The lowest BCUT2D eigenvalue weighted by molar-refractivity contribution is -0.120.